The van der Waals surface area contributed by atoms with E-state index in [2.05, 4.69) is 5.32 Å². The molecule has 0 fully saturated rings. The highest BCUT2D eigenvalue weighted by molar-refractivity contribution is 5.97. The number of hydrogen-bond acceptors (Lipinski definition) is 4. The summed E-state index contributed by atoms with van der Waals surface area (Å²) in [6.45, 7) is 1.51. The van der Waals surface area contributed by atoms with Gasteiger partial charge < -0.3 is 21.3 Å². The first-order valence-electron chi connectivity index (χ1n) is 4.54. The van der Waals surface area contributed by atoms with E-state index in [0.717, 1.165) is 6.07 Å². The number of rotatable bonds is 3. The Morgan fingerprint density at radius 2 is 2.06 bits per heavy atom. The summed E-state index contributed by atoms with van der Waals surface area (Å²) in [5.41, 5.74) is 5.33. The van der Waals surface area contributed by atoms with Crippen molar-refractivity contribution < 1.29 is 19.8 Å². The van der Waals surface area contributed by atoms with Crippen molar-refractivity contribution in [1.29, 1.82) is 0 Å². The van der Waals surface area contributed by atoms with Gasteiger partial charge in [0.25, 0.3) is 0 Å². The zero-order valence-corrected chi connectivity index (χ0v) is 8.60. The van der Waals surface area contributed by atoms with Gasteiger partial charge >= 0.3 is 5.97 Å². The molecule has 0 aromatic heterocycles. The predicted molar refractivity (Wildman–Crippen MR) is 57.3 cm³/mol. The fourth-order valence-electron chi connectivity index (χ4n) is 1.04. The summed E-state index contributed by atoms with van der Waals surface area (Å²) >= 11 is 0. The van der Waals surface area contributed by atoms with Crippen molar-refractivity contribution in [3.63, 3.8) is 0 Å². The van der Waals surface area contributed by atoms with Crippen LogP contribution in [0.1, 0.15) is 17.3 Å². The topological polar surface area (TPSA) is 113 Å². The Balaban J connectivity index is 2.95. The van der Waals surface area contributed by atoms with Crippen LogP contribution in [0, 0.1) is 0 Å². The minimum Gasteiger partial charge on any atom is -0.507 e. The molecular formula is C10H12N2O4. The van der Waals surface area contributed by atoms with E-state index in [1.165, 1.54) is 19.1 Å². The molecule has 0 saturated carbocycles. The molecule has 6 nitrogen and oxygen atoms in total. The van der Waals surface area contributed by atoms with Crippen molar-refractivity contribution in [2.45, 2.75) is 13.0 Å². The largest absolute Gasteiger partial charge is 0.507 e. The molecule has 0 aliphatic carbocycles. The first-order valence-corrected chi connectivity index (χ1v) is 4.54. The second-order valence-corrected chi connectivity index (χ2v) is 3.32. The fourth-order valence-corrected chi connectivity index (χ4v) is 1.04. The summed E-state index contributed by atoms with van der Waals surface area (Å²) in [4.78, 5) is 21.9. The molecule has 6 heteroatoms. The Bertz CT molecular complexity index is 429. The second kappa shape index (κ2) is 4.63. The number of benzene rings is 1. The maximum atomic E-state index is 11.2. The van der Waals surface area contributed by atoms with Gasteiger partial charge in [-0.3, -0.25) is 4.79 Å². The monoisotopic (exact) mass is 224 g/mol. The number of nitrogens with two attached hydrogens (primary N) is 1. The van der Waals surface area contributed by atoms with E-state index in [9.17, 15) is 14.7 Å². The zero-order valence-electron chi connectivity index (χ0n) is 8.60. The summed E-state index contributed by atoms with van der Waals surface area (Å²) in [5, 5.41) is 20.4. The van der Waals surface area contributed by atoms with Gasteiger partial charge in [0.1, 0.15) is 11.3 Å². The minimum absolute atomic E-state index is 0.275. The number of nitrogens with one attached hydrogen (secondary N) is 1. The third-order valence-corrected chi connectivity index (χ3v) is 1.91. The van der Waals surface area contributed by atoms with E-state index in [4.69, 9.17) is 10.8 Å². The Labute approximate surface area is 91.7 Å². The number of aromatic carboxylic acids is 1. The highest BCUT2D eigenvalue weighted by Crippen LogP contribution is 2.21. The molecule has 1 rings (SSSR count). The van der Waals surface area contributed by atoms with Crippen LogP contribution in [0.2, 0.25) is 0 Å². The molecule has 86 valence electrons. The Kier molecular flexibility index (Phi) is 3.47. The third-order valence-electron chi connectivity index (χ3n) is 1.91. The Morgan fingerprint density at radius 3 is 2.56 bits per heavy atom. The van der Waals surface area contributed by atoms with Crippen LogP contribution >= 0.6 is 0 Å². The maximum absolute atomic E-state index is 11.2. The molecule has 0 heterocycles. The number of phenols is 1. The lowest BCUT2D eigenvalue weighted by Crippen LogP contribution is -2.32. The van der Waals surface area contributed by atoms with Crippen molar-refractivity contribution in [3.8, 4) is 5.75 Å². The van der Waals surface area contributed by atoms with E-state index in [1.807, 2.05) is 0 Å². The molecular weight excluding hydrogens is 212 g/mol. The van der Waals surface area contributed by atoms with Crippen molar-refractivity contribution in [2.24, 2.45) is 5.73 Å². The Morgan fingerprint density at radius 1 is 1.44 bits per heavy atom. The van der Waals surface area contributed by atoms with E-state index >= 15 is 0 Å². The number of anilines is 1. The SMILES string of the molecule is C[C@@H](N)C(=O)Nc1ccc(O)c(C(=O)O)c1. The number of carbonyl (C=O) groups is 2. The van der Waals surface area contributed by atoms with Gasteiger partial charge in [-0.05, 0) is 25.1 Å². The molecule has 0 aliphatic heterocycles. The first-order chi connectivity index (χ1) is 7.41. The van der Waals surface area contributed by atoms with Gasteiger partial charge in [0.15, 0.2) is 0 Å². The summed E-state index contributed by atoms with van der Waals surface area (Å²) < 4.78 is 0. The maximum Gasteiger partial charge on any atom is 0.339 e. The van der Waals surface area contributed by atoms with Gasteiger partial charge in [0.05, 0.1) is 6.04 Å². The van der Waals surface area contributed by atoms with Crippen LogP contribution in [0.5, 0.6) is 5.75 Å². The van der Waals surface area contributed by atoms with Crippen LogP contribution in [-0.2, 0) is 4.79 Å². The van der Waals surface area contributed by atoms with Gasteiger partial charge in [0.2, 0.25) is 5.91 Å². The molecule has 0 bridgehead atoms. The number of carbonyl (C=O) groups excluding carboxylic acids is 1. The van der Waals surface area contributed by atoms with E-state index in [-0.39, 0.29) is 17.0 Å². The van der Waals surface area contributed by atoms with Crippen LogP contribution in [0.3, 0.4) is 0 Å². The predicted octanol–water partition coefficient (Wildman–Crippen LogP) is 0.376. The number of carboxylic acids is 1. The van der Waals surface area contributed by atoms with Gasteiger partial charge in [0, 0.05) is 5.69 Å². The molecule has 1 atom stereocenters. The summed E-state index contributed by atoms with van der Waals surface area (Å²) in [6, 6.07) is 3.06. The molecule has 0 aliphatic rings. The van der Waals surface area contributed by atoms with Gasteiger partial charge in [-0.15, -0.1) is 0 Å². The number of hydrogen-bond donors (Lipinski definition) is 4. The summed E-state index contributed by atoms with van der Waals surface area (Å²) in [7, 11) is 0. The highest BCUT2D eigenvalue weighted by Gasteiger charge is 2.12. The second-order valence-electron chi connectivity index (χ2n) is 3.32. The molecule has 0 radical (unpaired) electrons. The highest BCUT2D eigenvalue weighted by atomic mass is 16.4. The fraction of sp³-hybridized carbons (Fsp3) is 0.200. The van der Waals surface area contributed by atoms with Crippen LogP contribution in [-0.4, -0.2) is 28.1 Å². The first kappa shape index (κ1) is 12.0. The van der Waals surface area contributed by atoms with Crippen molar-refractivity contribution in [3.05, 3.63) is 23.8 Å². The average molecular weight is 224 g/mol. The third kappa shape index (κ3) is 2.71. The molecule has 0 unspecified atom stereocenters. The van der Waals surface area contributed by atoms with Crippen LogP contribution in [0.25, 0.3) is 0 Å². The van der Waals surface area contributed by atoms with Crippen molar-refractivity contribution in [1.82, 2.24) is 0 Å². The minimum atomic E-state index is -1.27. The van der Waals surface area contributed by atoms with Gasteiger partial charge in [-0.1, -0.05) is 0 Å². The molecule has 1 amide bonds. The van der Waals surface area contributed by atoms with E-state index < -0.39 is 17.9 Å². The lowest BCUT2D eigenvalue weighted by Gasteiger charge is -2.08. The van der Waals surface area contributed by atoms with Gasteiger partial charge in [-0.2, -0.15) is 0 Å². The Hall–Kier alpha value is -2.08. The summed E-state index contributed by atoms with van der Waals surface area (Å²) in [6.07, 6.45) is 0. The zero-order chi connectivity index (χ0) is 12.3. The van der Waals surface area contributed by atoms with E-state index in [0.29, 0.717) is 0 Å². The molecule has 0 spiro atoms. The molecule has 1 aromatic rings. The smallest absolute Gasteiger partial charge is 0.339 e. The van der Waals surface area contributed by atoms with Crippen LogP contribution in [0.15, 0.2) is 18.2 Å². The number of aromatic hydroxyl groups is 1. The normalized spacial score (nSPS) is 11.9. The lowest BCUT2D eigenvalue weighted by atomic mass is 10.1. The van der Waals surface area contributed by atoms with Crippen molar-refractivity contribution in [2.75, 3.05) is 5.32 Å². The van der Waals surface area contributed by atoms with Gasteiger partial charge in [-0.25, -0.2) is 4.79 Å². The molecule has 5 N–H and O–H groups in total. The summed E-state index contributed by atoms with van der Waals surface area (Å²) in [5.74, 6) is -2.05. The van der Waals surface area contributed by atoms with Crippen LogP contribution in [0.4, 0.5) is 5.69 Å². The quantitative estimate of drug-likeness (QED) is 0.554. The van der Waals surface area contributed by atoms with Crippen LogP contribution < -0.4 is 11.1 Å². The molecule has 1 aromatic carbocycles. The molecule has 0 saturated heterocycles. The number of carboxylic acid groups (broad SMARTS) is 1. The average Bonchev–Trinajstić information content (AvgIpc) is 2.20. The lowest BCUT2D eigenvalue weighted by molar-refractivity contribution is -0.117. The molecule has 16 heavy (non-hydrogen) atoms. The van der Waals surface area contributed by atoms with Crippen molar-refractivity contribution >= 4 is 17.6 Å². The number of amides is 1. The van der Waals surface area contributed by atoms with E-state index in [1.54, 1.807) is 0 Å². The standard InChI is InChI=1S/C10H12N2O4/c1-5(11)9(14)12-6-2-3-8(13)7(4-6)10(15)16/h2-5,13H,11H2,1H3,(H,12,14)(H,15,16)/t5-/m1/s1.